The van der Waals surface area contributed by atoms with Crippen LogP contribution >= 0.6 is 0 Å². The summed E-state index contributed by atoms with van der Waals surface area (Å²) in [7, 11) is 0. The van der Waals surface area contributed by atoms with E-state index in [-0.39, 0.29) is 0 Å². The third kappa shape index (κ3) is 1.20. The van der Waals surface area contributed by atoms with E-state index in [9.17, 15) is 0 Å². The van der Waals surface area contributed by atoms with Gasteiger partial charge in [-0.1, -0.05) is 51.2 Å². The normalized spacial score (nSPS) is 35.3. The summed E-state index contributed by atoms with van der Waals surface area (Å²) in [6.07, 6.45) is 8.00. The van der Waals surface area contributed by atoms with Crippen molar-refractivity contribution in [1.82, 2.24) is 0 Å². The maximum Gasteiger partial charge on any atom is 0.00432 e. The van der Waals surface area contributed by atoms with Crippen molar-refractivity contribution in [1.29, 1.82) is 0 Å². The Morgan fingerprint density at radius 1 is 1.54 bits per heavy atom. The van der Waals surface area contributed by atoms with E-state index in [0.717, 1.165) is 5.92 Å². The highest BCUT2D eigenvalue weighted by Crippen LogP contribution is 2.53. The first-order chi connectivity index (χ1) is 6.04. The van der Waals surface area contributed by atoms with E-state index < -0.39 is 0 Å². The second-order valence-electron chi connectivity index (χ2n) is 5.09. The van der Waals surface area contributed by atoms with Gasteiger partial charge in [-0.15, -0.1) is 0 Å². The molecule has 0 spiro atoms. The Kier molecular flexibility index (Phi) is 1.76. The molecule has 0 bridgehead atoms. The molecule has 0 aromatic carbocycles. The van der Waals surface area contributed by atoms with Gasteiger partial charge >= 0.3 is 0 Å². The summed E-state index contributed by atoms with van der Waals surface area (Å²) in [5.41, 5.74) is 3.40. The van der Waals surface area contributed by atoms with E-state index in [2.05, 4.69) is 39.5 Å². The number of fused-ring (bicyclic) bond motifs is 1. The van der Waals surface area contributed by atoms with Crippen molar-refractivity contribution < 1.29 is 0 Å². The Morgan fingerprint density at radius 3 is 2.77 bits per heavy atom. The van der Waals surface area contributed by atoms with E-state index in [4.69, 9.17) is 0 Å². The predicted octanol–water partition coefficient (Wildman–Crippen LogP) is 3.72. The average Bonchev–Trinajstić information content (AvgIpc) is 2.53. The Bertz CT molecular complexity index is 302. The fourth-order valence-electron chi connectivity index (χ4n) is 2.91. The smallest absolute Gasteiger partial charge is 0.00432 e. The van der Waals surface area contributed by atoms with Gasteiger partial charge in [0.05, 0.1) is 0 Å². The van der Waals surface area contributed by atoms with Crippen molar-refractivity contribution in [3.05, 3.63) is 36.0 Å². The van der Waals surface area contributed by atoms with Crippen LogP contribution in [0.3, 0.4) is 0 Å². The van der Waals surface area contributed by atoms with Gasteiger partial charge in [0.2, 0.25) is 0 Å². The fourth-order valence-corrected chi connectivity index (χ4v) is 2.91. The molecule has 70 valence electrons. The van der Waals surface area contributed by atoms with Gasteiger partial charge < -0.3 is 0 Å². The van der Waals surface area contributed by atoms with Crippen LogP contribution in [0.15, 0.2) is 36.0 Å². The van der Waals surface area contributed by atoms with Gasteiger partial charge in [0.15, 0.2) is 0 Å². The molecule has 2 unspecified atom stereocenters. The largest absolute Gasteiger partial charge is 0.0985 e. The zero-order valence-corrected chi connectivity index (χ0v) is 8.80. The molecule has 1 saturated carbocycles. The molecule has 0 N–H and O–H groups in total. The van der Waals surface area contributed by atoms with Gasteiger partial charge in [-0.2, -0.15) is 0 Å². The van der Waals surface area contributed by atoms with Crippen LogP contribution in [0.1, 0.15) is 27.2 Å². The summed E-state index contributed by atoms with van der Waals surface area (Å²) in [6.45, 7) is 10.9. The van der Waals surface area contributed by atoms with Crippen LogP contribution in [0.2, 0.25) is 0 Å². The monoisotopic (exact) mass is 174 g/mol. The second-order valence-corrected chi connectivity index (χ2v) is 5.09. The molecule has 2 atom stereocenters. The highest BCUT2D eigenvalue weighted by Gasteiger charge is 2.42. The topological polar surface area (TPSA) is 0 Å². The van der Waals surface area contributed by atoms with Crippen molar-refractivity contribution in [2.45, 2.75) is 27.2 Å². The molecule has 0 aromatic heterocycles. The first-order valence-corrected chi connectivity index (χ1v) is 5.10. The third-order valence-corrected chi connectivity index (χ3v) is 3.53. The van der Waals surface area contributed by atoms with Crippen LogP contribution in [0.25, 0.3) is 0 Å². The van der Waals surface area contributed by atoms with E-state index >= 15 is 0 Å². The molecular formula is C13H18. The summed E-state index contributed by atoms with van der Waals surface area (Å²) >= 11 is 0. The molecule has 2 aliphatic rings. The molecule has 0 nitrogen and oxygen atoms in total. The molecule has 0 heterocycles. The number of hydrogen-bond acceptors (Lipinski definition) is 0. The first kappa shape index (κ1) is 8.80. The molecule has 1 fully saturated rings. The van der Waals surface area contributed by atoms with Gasteiger partial charge in [0.1, 0.15) is 0 Å². The SMILES string of the molecule is C=CC1=CC2C(=C1)C(C)CC2(C)C. The van der Waals surface area contributed by atoms with E-state index in [1.54, 1.807) is 5.57 Å². The molecule has 2 aliphatic carbocycles. The number of rotatable bonds is 1. The minimum atomic E-state index is 0.454. The van der Waals surface area contributed by atoms with Gasteiger partial charge in [0.25, 0.3) is 0 Å². The van der Waals surface area contributed by atoms with Crippen LogP contribution in [-0.2, 0) is 0 Å². The Balaban J connectivity index is 2.38. The molecule has 0 aliphatic heterocycles. The van der Waals surface area contributed by atoms with Crippen molar-refractivity contribution in [3.63, 3.8) is 0 Å². The van der Waals surface area contributed by atoms with Gasteiger partial charge in [-0.05, 0) is 23.3 Å². The predicted molar refractivity (Wildman–Crippen MR) is 57.4 cm³/mol. The van der Waals surface area contributed by atoms with E-state index in [1.165, 1.54) is 12.0 Å². The minimum absolute atomic E-state index is 0.454. The molecule has 13 heavy (non-hydrogen) atoms. The van der Waals surface area contributed by atoms with Gasteiger partial charge in [-0.3, -0.25) is 0 Å². The lowest BCUT2D eigenvalue weighted by atomic mass is 9.81. The Morgan fingerprint density at radius 2 is 2.23 bits per heavy atom. The lowest BCUT2D eigenvalue weighted by Gasteiger charge is -2.23. The lowest BCUT2D eigenvalue weighted by Crippen LogP contribution is -2.14. The van der Waals surface area contributed by atoms with Crippen LogP contribution in [0.5, 0.6) is 0 Å². The zero-order valence-electron chi connectivity index (χ0n) is 8.80. The Hall–Kier alpha value is -0.780. The van der Waals surface area contributed by atoms with Gasteiger partial charge in [-0.25, -0.2) is 0 Å². The van der Waals surface area contributed by atoms with Crippen molar-refractivity contribution >= 4 is 0 Å². The summed E-state index contributed by atoms with van der Waals surface area (Å²) in [4.78, 5) is 0. The molecule has 2 rings (SSSR count). The highest BCUT2D eigenvalue weighted by atomic mass is 14.5. The zero-order chi connectivity index (χ0) is 9.64. The van der Waals surface area contributed by atoms with Gasteiger partial charge in [0, 0.05) is 5.92 Å². The minimum Gasteiger partial charge on any atom is -0.0985 e. The van der Waals surface area contributed by atoms with E-state index in [1.807, 2.05) is 6.08 Å². The molecule has 0 radical (unpaired) electrons. The molecule has 0 heteroatoms. The molecule has 0 saturated heterocycles. The Labute approximate surface area is 81.0 Å². The van der Waals surface area contributed by atoms with Crippen molar-refractivity contribution in [2.24, 2.45) is 17.3 Å². The fraction of sp³-hybridized carbons (Fsp3) is 0.538. The summed E-state index contributed by atoms with van der Waals surface area (Å²) < 4.78 is 0. The highest BCUT2D eigenvalue weighted by molar-refractivity contribution is 5.45. The summed E-state index contributed by atoms with van der Waals surface area (Å²) in [5, 5.41) is 0. The van der Waals surface area contributed by atoms with Crippen molar-refractivity contribution in [2.75, 3.05) is 0 Å². The van der Waals surface area contributed by atoms with Crippen LogP contribution in [0.4, 0.5) is 0 Å². The first-order valence-electron chi connectivity index (χ1n) is 5.10. The quantitative estimate of drug-likeness (QED) is 0.568. The summed E-state index contributed by atoms with van der Waals surface area (Å²) in [6, 6.07) is 0. The number of allylic oxidation sites excluding steroid dienone is 5. The van der Waals surface area contributed by atoms with Crippen molar-refractivity contribution in [3.8, 4) is 0 Å². The molecule has 0 amide bonds. The molecular weight excluding hydrogens is 156 g/mol. The summed E-state index contributed by atoms with van der Waals surface area (Å²) in [5.74, 6) is 1.43. The van der Waals surface area contributed by atoms with Crippen LogP contribution in [0, 0.1) is 17.3 Å². The lowest BCUT2D eigenvalue weighted by molar-refractivity contribution is 0.315. The number of hydrogen-bond donors (Lipinski definition) is 0. The second kappa shape index (κ2) is 2.60. The maximum atomic E-state index is 3.83. The maximum absolute atomic E-state index is 3.83. The average molecular weight is 174 g/mol. The molecule has 0 aromatic rings. The van der Waals surface area contributed by atoms with Crippen LogP contribution < -0.4 is 0 Å². The van der Waals surface area contributed by atoms with E-state index in [0.29, 0.717) is 11.3 Å². The standard InChI is InChI=1S/C13H18/c1-5-10-6-11-9(2)8-13(3,4)12(11)7-10/h5-7,9,12H,1,8H2,2-4H3. The third-order valence-electron chi connectivity index (χ3n) is 3.53. The van der Waals surface area contributed by atoms with Crippen LogP contribution in [-0.4, -0.2) is 0 Å².